The number of amides is 2. The van der Waals surface area contributed by atoms with Crippen LogP contribution in [0.5, 0.6) is 0 Å². The molecule has 0 atom stereocenters. The van der Waals surface area contributed by atoms with Crippen LogP contribution in [-0.4, -0.2) is 14.4 Å². The van der Waals surface area contributed by atoms with Crippen LogP contribution in [0, 0.1) is 13.8 Å². The number of para-hydroxylation sites is 2. The van der Waals surface area contributed by atoms with Gasteiger partial charge in [0.2, 0.25) is 0 Å². The molecule has 0 fully saturated rings. The number of urea groups is 1. The second kappa shape index (κ2) is 7.61. The van der Waals surface area contributed by atoms with Crippen LogP contribution in [0.3, 0.4) is 0 Å². The molecule has 30 heavy (non-hydrogen) atoms. The Bertz CT molecular complexity index is 1230. The van der Waals surface area contributed by atoms with Crippen molar-refractivity contribution >= 4 is 27.4 Å². The van der Waals surface area contributed by atoms with Crippen molar-refractivity contribution in [1.82, 2.24) is 0 Å². The normalized spacial score (nSPS) is 15.2. The summed E-state index contributed by atoms with van der Waals surface area (Å²) < 4.78 is 27.9. The monoisotopic (exact) mass is 420 g/mol. The Kier molecular flexibility index (Phi) is 5.12. The lowest BCUT2D eigenvalue weighted by Gasteiger charge is -2.37. The van der Waals surface area contributed by atoms with Crippen molar-refractivity contribution in [1.29, 1.82) is 0 Å². The zero-order chi connectivity index (χ0) is 21.5. The van der Waals surface area contributed by atoms with Gasteiger partial charge in [0.1, 0.15) is 4.90 Å². The molecule has 1 heterocycles. The molecule has 0 bridgehead atoms. The second-order valence-electron chi connectivity index (χ2n) is 7.52. The first kappa shape index (κ1) is 20.2. The highest BCUT2D eigenvalue weighted by Crippen LogP contribution is 2.39. The van der Waals surface area contributed by atoms with E-state index in [4.69, 9.17) is 0 Å². The Morgan fingerprint density at radius 2 is 1.50 bits per heavy atom. The maximum absolute atomic E-state index is 13.6. The van der Waals surface area contributed by atoms with Gasteiger partial charge in [-0.05, 0) is 55.2 Å². The molecule has 2 amide bonds. The minimum atomic E-state index is -4.02. The summed E-state index contributed by atoms with van der Waals surface area (Å²) >= 11 is 0. The summed E-state index contributed by atoms with van der Waals surface area (Å²) in [5.74, 6) is 0. The zero-order valence-electron chi connectivity index (χ0n) is 17.3. The predicted molar refractivity (Wildman–Crippen MR) is 119 cm³/mol. The zero-order valence-corrected chi connectivity index (χ0v) is 18.1. The SMILES string of the molecule is CCc1ccccc1N1C(=O)N(Cc2cc(C)ccc2C)c2ccccc2S1(=O)=O. The Morgan fingerprint density at radius 1 is 0.833 bits per heavy atom. The molecule has 1 aliphatic heterocycles. The summed E-state index contributed by atoms with van der Waals surface area (Å²) in [6.07, 6.45) is 0.619. The Labute approximate surface area is 177 Å². The number of hydrogen-bond donors (Lipinski definition) is 0. The highest BCUT2D eigenvalue weighted by Gasteiger charge is 2.43. The molecule has 0 aliphatic carbocycles. The number of carbonyl (C=O) groups is 1. The molecule has 0 unspecified atom stereocenters. The molecule has 6 heteroatoms. The van der Waals surface area contributed by atoms with Gasteiger partial charge < -0.3 is 0 Å². The van der Waals surface area contributed by atoms with Crippen LogP contribution in [-0.2, 0) is 23.0 Å². The summed E-state index contributed by atoms with van der Waals surface area (Å²) in [7, 11) is -4.02. The lowest BCUT2D eigenvalue weighted by molar-refractivity contribution is 0.253. The molecule has 0 saturated carbocycles. The number of benzene rings is 3. The minimum Gasteiger partial charge on any atom is -0.287 e. The first-order valence-corrected chi connectivity index (χ1v) is 11.4. The molecule has 0 radical (unpaired) electrons. The van der Waals surface area contributed by atoms with E-state index >= 15 is 0 Å². The van der Waals surface area contributed by atoms with E-state index in [9.17, 15) is 13.2 Å². The Morgan fingerprint density at radius 3 is 2.23 bits per heavy atom. The first-order chi connectivity index (χ1) is 14.3. The molecule has 1 aliphatic rings. The van der Waals surface area contributed by atoms with Gasteiger partial charge in [-0.2, -0.15) is 4.31 Å². The maximum Gasteiger partial charge on any atom is 0.343 e. The Balaban J connectivity index is 1.91. The lowest BCUT2D eigenvalue weighted by atomic mass is 10.0. The van der Waals surface area contributed by atoms with Crippen LogP contribution in [0.15, 0.2) is 71.6 Å². The van der Waals surface area contributed by atoms with Crippen LogP contribution in [0.4, 0.5) is 16.2 Å². The van der Waals surface area contributed by atoms with E-state index in [0.717, 1.165) is 26.6 Å². The summed E-state index contributed by atoms with van der Waals surface area (Å²) in [5, 5.41) is 0. The summed E-state index contributed by atoms with van der Waals surface area (Å²) in [6.45, 7) is 6.24. The van der Waals surface area contributed by atoms with Gasteiger partial charge >= 0.3 is 6.03 Å². The third kappa shape index (κ3) is 3.27. The van der Waals surface area contributed by atoms with E-state index in [0.29, 0.717) is 24.3 Å². The minimum absolute atomic E-state index is 0.140. The van der Waals surface area contributed by atoms with Crippen LogP contribution in [0.1, 0.15) is 29.2 Å². The topological polar surface area (TPSA) is 57.7 Å². The van der Waals surface area contributed by atoms with Gasteiger partial charge in [-0.3, -0.25) is 4.90 Å². The van der Waals surface area contributed by atoms with Gasteiger partial charge in [0.05, 0.1) is 17.9 Å². The fraction of sp³-hybridized carbons (Fsp3) is 0.208. The smallest absolute Gasteiger partial charge is 0.287 e. The van der Waals surface area contributed by atoms with Crippen molar-refractivity contribution in [2.24, 2.45) is 0 Å². The fourth-order valence-corrected chi connectivity index (χ4v) is 5.48. The largest absolute Gasteiger partial charge is 0.343 e. The van der Waals surface area contributed by atoms with Gasteiger partial charge in [0.25, 0.3) is 10.0 Å². The van der Waals surface area contributed by atoms with Crippen molar-refractivity contribution in [3.05, 3.63) is 89.0 Å². The summed E-state index contributed by atoms with van der Waals surface area (Å²) in [6, 6.07) is 19.4. The average molecular weight is 421 g/mol. The first-order valence-electron chi connectivity index (χ1n) is 9.94. The summed E-state index contributed by atoms with van der Waals surface area (Å²) in [4.78, 5) is 15.3. The van der Waals surface area contributed by atoms with Crippen molar-refractivity contribution < 1.29 is 13.2 Å². The van der Waals surface area contributed by atoms with Crippen LogP contribution in [0.2, 0.25) is 0 Å². The van der Waals surface area contributed by atoms with Crippen molar-refractivity contribution in [2.45, 2.75) is 38.6 Å². The van der Waals surface area contributed by atoms with E-state index in [1.165, 1.54) is 0 Å². The number of aryl methyl sites for hydroxylation is 3. The summed E-state index contributed by atoms with van der Waals surface area (Å²) in [5.41, 5.74) is 4.76. The van der Waals surface area contributed by atoms with Gasteiger partial charge in [0.15, 0.2) is 0 Å². The molecular weight excluding hydrogens is 396 g/mol. The lowest BCUT2D eigenvalue weighted by Crippen LogP contribution is -2.51. The number of nitrogens with zero attached hydrogens (tertiary/aromatic N) is 2. The van der Waals surface area contributed by atoms with Crippen molar-refractivity contribution in [3.63, 3.8) is 0 Å². The number of sulfonamides is 1. The molecule has 4 rings (SSSR count). The van der Waals surface area contributed by atoms with E-state index < -0.39 is 16.1 Å². The fourth-order valence-electron chi connectivity index (χ4n) is 3.85. The number of rotatable bonds is 4. The predicted octanol–water partition coefficient (Wildman–Crippen LogP) is 5.20. The highest BCUT2D eigenvalue weighted by molar-refractivity contribution is 7.94. The highest BCUT2D eigenvalue weighted by atomic mass is 32.2. The quantitative estimate of drug-likeness (QED) is 0.583. The van der Waals surface area contributed by atoms with Gasteiger partial charge in [0, 0.05) is 0 Å². The van der Waals surface area contributed by atoms with E-state index in [1.54, 1.807) is 41.3 Å². The van der Waals surface area contributed by atoms with Gasteiger partial charge in [-0.15, -0.1) is 0 Å². The molecule has 154 valence electrons. The van der Waals surface area contributed by atoms with Crippen LogP contribution >= 0.6 is 0 Å². The van der Waals surface area contributed by atoms with Crippen LogP contribution < -0.4 is 9.21 Å². The van der Waals surface area contributed by atoms with E-state index in [2.05, 4.69) is 0 Å². The van der Waals surface area contributed by atoms with Gasteiger partial charge in [-0.1, -0.05) is 61.0 Å². The third-order valence-electron chi connectivity index (χ3n) is 5.50. The Hall–Kier alpha value is -3.12. The van der Waals surface area contributed by atoms with E-state index in [1.807, 2.05) is 51.1 Å². The van der Waals surface area contributed by atoms with Crippen LogP contribution in [0.25, 0.3) is 0 Å². The van der Waals surface area contributed by atoms with Crippen molar-refractivity contribution in [2.75, 3.05) is 9.21 Å². The molecular formula is C24H24N2O3S. The molecule has 5 nitrogen and oxygen atoms in total. The molecule has 3 aromatic rings. The maximum atomic E-state index is 13.6. The number of anilines is 2. The average Bonchev–Trinajstić information content (AvgIpc) is 2.74. The molecule has 0 saturated heterocycles. The van der Waals surface area contributed by atoms with Gasteiger partial charge in [-0.25, -0.2) is 13.2 Å². The van der Waals surface area contributed by atoms with E-state index in [-0.39, 0.29) is 4.90 Å². The number of hydrogen-bond acceptors (Lipinski definition) is 3. The second-order valence-corrected chi connectivity index (χ2v) is 9.27. The number of carbonyl (C=O) groups excluding carboxylic acids is 1. The molecule has 3 aromatic carbocycles. The molecule has 0 spiro atoms. The van der Waals surface area contributed by atoms with Crippen molar-refractivity contribution in [3.8, 4) is 0 Å². The standard InChI is InChI=1S/C24H24N2O3S/c1-4-19-9-5-6-10-21(19)26-24(27)25(16-20-15-17(2)13-14-18(20)3)22-11-7-8-12-23(22)30(26,28)29/h5-15H,4,16H2,1-3H3. The third-order valence-corrected chi connectivity index (χ3v) is 7.24. The molecule has 0 aromatic heterocycles. The number of fused-ring (bicyclic) bond motifs is 1. The molecule has 0 N–H and O–H groups in total.